The molecule has 14 nitrogen and oxygen atoms in total. The molecule has 0 atom stereocenters. The summed E-state index contributed by atoms with van der Waals surface area (Å²) < 4.78 is 16.7. The van der Waals surface area contributed by atoms with E-state index < -0.39 is 17.2 Å². The molecule has 2 aromatic carbocycles. The average molecular weight is 834 g/mol. The van der Waals surface area contributed by atoms with Crippen molar-refractivity contribution in [2.24, 2.45) is 0 Å². The average Bonchev–Trinajstić information content (AvgIpc) is 3.18. The molecule has 0 unspecified atom stereocenters. The molecule has 2 N–H and O–H groups in total. The van der Waals surface area contributed by atoms with Crippen molar-refractivity contribution in [1.29, 1.82) is 0 Å². The monoisotopic (exact) mass is 833 g/mol. The van der Waals surface area contributed by atoms with Crippen molar-refractivity contribution in [3.05, 3.63) is 46.5 Å². The number of nitrogens with zero attached hydrogens (tertiary/aromatic N) is 3. The molecule has 2 aliphatic heterocycles. The Morgan fingerprint density at radius 3 is 1.60 bits per heavy atom. The van der Waals surface area contributed by atoms with Gasteiger partial charge < -0.3 is 39.5 Å². The summed E-state index contributed by atoms with van der Waals surface area (Å²) in [5.41, 5.74) is 1.66. The van der Waals surface area contributed by atoms with Gasteiger partial charge in [0.15, 0.2) is 11.2 Å². The van der Waals surface area contributed by atoms with Gasteiger partial charge in [0.25, 0.3) is 17.7 Å². The number of fused-ring (bicyclic) bond motifs is 2. The van der Waals surface area contributed by atoms with E-state index in [2.05, 4.69) is 24.5 Å². The summed E-state index contributed by atoms with van der Waals surface area (Å²) in [5.74, 6) is 0.246. The van der Waals surface area contributed by atoms with Gasteiger partial charge in [-0.1, -0.05) is 19.3 Å². The summed E-state index contributed by atoms with van der Waals surface area (Å²) in [6.45, 7) is 20.5. The number of rotatable bonds is 14. The molecule has 1 fully saturated rings. The highest BCUT2D eigenvalue weighted by Crippen LogP contribution is 2.42. The van der Waals surface area contributed by atoms with Crippen LogP contribution in [0.5, 0.6) is 11.5 Å². The lowest BCUT2D eigenvalue weighted by molar-refractivity contribution is -0.133. The summed E-state index contributed by atoms with van der Waals surface area (Å²) in [4.78, 5) is 80.8. The lowest BCUT2D eigenvalue weighted by atomic mass is 9.92. The van der Waals surface area contributed by atoms with Crippen LogP contribution in [0.2, 0.25) is 0 Å². The zero-order valence-electron chi connectivity index (χ0n) is 37.7. The van der Waals surface area contributed by atoms with E-state index in [-0.39, 0.29) is 41.6 Å². The normalized spacial score (nSPS) is 16.7. The molecular weight excluding hydrogens is 767 g/mol. The van der Waals surface area contributed by atoms with Crippen molar-refractivity contribution >= 4 is 46.9 Å². The van der Waals surface area contributed by atoms with Crippen molar-refractivity contribution in [2.45, 2.75) is 150 Å². The van der Waals surface area contributed by atoms with Crippen LogP contribution in [-0.4, -0.2) is 97.0 Å². The topological polar surface area (TPSA) is 164 Å². The number of carbonyl (C=O) groups excluding carboxylic acids is 6. The van der Waals surface area contributed by atoms with E-state index in [1.165, 1.54) is 13.5 Å². The number of carbonyl (C=O) groups is 6. The molecule has 0 saturated heterocycles. The zero-order chi connectivity index (χ0) is 44.5. The van der Waals surface area contributed by atoms with Crippen LogP contribution in [0.4, 0.5) is 11.4 Å². The number of hydrogen-bond donors (Lipinski definition) is 2. The maximum Gasteiger partial charge on any atom is 0.338 e. The third-order valence-electron chi connectivity index (χ3n) is 11.2. The number of ether oxygens (including phenoxy) is 3. The summed E-state index contributed by atoms with van der Waals surface area (Å²) in [5, 5.41) is 5.54. The van der Waals surface area contributed by atoms with Crippen molar-refractivity contribution in [3.63, 3.8) is 0 Å². The van der Waals surface area contributed by atoms with Crippen LogP contribution in [-0.2, 0) is 23.9 Å². The molecule has 330 valence electrons. The van der Waals surface area contributed by atoms with Crippen LogP contribution in [0.1, 0.15) is 145 Å². The minimum atomic E-state index is -1.02. The molecule has 5 amide bonds. The first-order valence-electron chi connectivity index (χ1n) is 21.5. The largest absolute Gasteiger partial charge is 0.476 e. The molecule has 0 bridgehead atoms. The molecule has 14 heteroatoms. The molecule has 5 rings (SSSR count). The van der Waals surface area contributed by atoms with Gasteiger partial charge in [-0.05, 0) is 130 Å². The van der Waals surface area contributed by atoms with Crippen LogP contribution in [0.25, 0.3) is 0 Å². The third-order valence-corrected chi connectivity index (χ3v) is 11.2. The molecule has 0 radical (unpaired) electrons. The van der Waals surface area contributed by atoms with E-state index in [9.17, 15) is 28.8 Å². The van der Waals surface area contributed by atoms with Gasteiger partial charge in [-0.3, -0.25) is 24.0 Å². The highest BCUT2D eigenvalue weighted by Gasteiger charge is 2.43. The lowest BCUT2D eigenvalue weighted by Crippen LogP contribution is -2.53. The Kier molecular flexibility index (Phi) is 16.2. The smallest absolute Gasteiger partial charge is 0.338 e. The van der Waals surface area contributed by atoms with E-state index >= 15 is 0 Å². The number of nitrogens with one attached hydrogen (secondary N) is 2. The van der Waals surface area contributed by atoms with Crippen LogP contribution < -0.4 is 29.9 Å². The standard InChI is InChI=1S/C27H41N3O4.C19H26N2O5/c1-7-28-24(31)14-11-15-29-22-17-21(19(4)16-23(22)34-27(5,6)26(29)33)25(32)30(18(2)3)20-12-9-8-10-13-20;1-6-20-16(22)8-7-9-21-14-11-13(17(23)25-5)12(2)10-15(14)26-19(3,4)18(21)24/h16-18,20H,7-15H2,1-6H3,(H,28,31);10-11H,6-9H2,1-5H3,(H,20,22). The first kappa shape index (κ1) is 47.5. The Morgan fingerprint density at radius 2 is 1.18 bits per heavy atom. The minimum absolute atomic E-state index is 0.0155. The molecule has 3 aliphatic rings. The number of esters is 1. The Balaban J connectivity index is 0.000000275. The number of benzene rings is 2. The van der Waals surface area contributed by atoms with E-state index in [4.69, 9.17) is 14.2 Å². The van der Waals surface area contributed by atoms with Crippen LogP contribution in [0.3, 0.4) is 0 Å². The van der Waals surface area contributed by atoms with Gasteiger partial charge in [-0.2, -0.15) is 0 Å². The van der Waals surface area contributed by atoms with Crippen molar-refractivity contribution in [2.75, 3.05) is 43.1 Å². The van der Waals surface area contributed by atoms with E-state index in [1.54, 1.807) is 56.6 Å². The summed E-state index contributed by atoms with van der Waals surface area (Å²) >= 11 is 0. The first-order valence-corrected chi connectivity index (χ1v) is 21.5. The highest BCUT2D eigenvalue weighted by molar-refractivity contribution is 6.06. The fourth-order valence-corrected chi connectivity index (χ4v) is 8.12. The van der Waals surface area contributed by atoms with Gasteiger partial charge in [0, 0.05) is 56.7 Å². The number of amides is 5. The molecular formula is C46H67N5O9. The van der Waals surface area contributed by atoms with Gasteiger partial charge in [0.05, 0.1) is 24.0 Å². The third kappa shape index (κ3) is 11.2. The predicted molar refractivity (Wildman–Crippen MR) is 232 cm³/mol. The Morgan fingerprint density at radius 1 is 0.750 bits per heavy atom. The fraction of sp³-hybridized carbons (Fsp3) is 0.609. The Hall–Kier alpha value is -5.14. The molecule has 1 aliphatic carbocycles. The number of aryl methyl sites for hydroxylation is 2. The zero-order valence-corrected chi connectivity index (χ0v) is 37.7. The van der Waals surface area contributed by atoms with Gasteiger partial charge in [-0.25, -0.2) is 4.79 Å². The number of methoxy groups -OCH3 is 1. The van der Waals surface area contributed by atoms with Crippen molar-refractivity contribution < 1.29 is 43.0 Å². The second kappa shape index (κ2) is 20.4. The van der Waals surface area contributed by atoms with Gasteiger partial charge >= 0.3 is 5.97 Å². The van der Waals surface area contributed by atoms with E-state index in [0.717, 1.165) is 31.2 Å². The first-order chi connectivity index (χ1) is 28.3. The molecule has 60 heavy (non-hydrogen) atoms. The van der Waals surface area contributed by atoms with Gasteiger partial charge in [0.1, 0.15) is 11.5 Å². The van der Waals surface area contributed by atoms with Crippen LogP contribution in [0, 0.1) is 13.8 Å². The lowest BCUT2D eigenvalue weighted by Gasteiger charge is -2.40. The van der Waals surface area contributed by atoms with Crippen LogP contribution in [0.15, 0.2) is 24.3 Å². The summed E-state index contributed by atoms with van der Waals surface area (Å²) in [7, 11) is 1.32. The second-order valence-corrected chi connectivity index (χ2v) is 17.1. The Labute approximate surface area is 356 Å². The maximum atomic E-state index is 13.8. The van der Waals surface area contributed by atoms with Gasteiger partial charge in [0.2, 0.25) is 11.8 Å². The van der Waals surface area contributed by atoms with Crippen molar-refractivity contribution in [1.82, 2.24) is 15.5 Å². The number of anilines is 2. The maximum absolute atomic E-state index is 13.8. The fourth-order valence-electron chi connectivity index (χ4n) is 8.12. The predicted octanol–water partition coefficient (Wildman–Crippen LogP) is 6.80. The molecule has 2 aromatic rings. The summed E-state index contributed by atoms with van der Waals surface area (Å²) in [6.07, 6.45) is 7.32. The second-order valence-electron chi connectivity index (χ2n) is 17.1. The van der Waals surface area contributed by atoms with Gasteiger partial charge in [-0.15, -0.1) is 0 Å². The molecule has 0 aromatic heterocycles. The van der Waals surface area contributed by atoms with Crippen LogP contribution >= 0.6 is 0 Å². The van der Waals surface area contributed by atoms with E-state index in [1.807, 2.05) is 37.8 Å². The highest BCUT2D eigenvalue weighted by atomic mass is 16.5. The quantitative estimate of drug-likeness (QED) is 0.195. The molecule has 0 spiro atoms. The molecule has 1 saturated carbocycles. The minimum Gasteiger partial charge on any atom is -0.476 e. The van der Waals surface area contributed by atoms with E-state index in [0.29, 0.717) is 91.4 Å². The SMILES string of the molecule is CCNC(=O)CCCN1C(=O)C(C)(C)Oc2cc(C)c(C(=O)N(C(C)C)C3CCCCC3)cc21.CCNC(=O)CCCN1C(=O)C(C)(C)Oc2cc(C)c(C(=O)OC)cc21. The molecule has 2 heterocycles. The van der Waals surface area contributed by atoms with Crippen molar-refractivity contribution in [3.8, 4) is 11.5 Å². The Bertz CT molecular complexity index is 1920. The summed E-state index contributed by atoms with van der Waals surface area (Å²) in [6, 6.07) is 7.41. The number of hydrogen-bond acceptors (Lipinski definition) is 9.